The lowest BCUT2D eigenvalue weighted by Gasteiger charge is -2.29. The van der Waals surface area contributed by atoms with Gasteiger partial charge in [0.2, 0.25) is 0 Å². The molecule has 3 atom stereocenters. The third kappa shape index (κ3) is 3.72. The maximum Gasteiger partial charge on any atom is 0.309 e. The molecule has 92 valence electrons. The van der Waals surface area contributed by atoms with E-state index in [0.29, 0.717) is 0 Å². The monoisotopic (exact) mass is 246 g/mol. The first-order chi connectivity index (χ1) is 7.54. The lowest BCUT2D eigenvalue weighted by atomic mass is 10.1. The van der Waals surface area contributed by atoms with Gasteiger partial charge in [0.25, 0.3) is 0 Å². The Kier molecular flexibility index (Phi) is 5.15. The summed E-state index contributed by atoms with van der Waals surface area (Å²) in [4.78, 5) is 11.3. The number of hydrogen-bond donors (Lipinski definition) is 1. The molecule has 1 rings (SSSR count). The van der Waals surface area contributed by atoms with Crippen molar-refractivity contribution in [2.75, 3.05) is 0 Å². The Balaban J connectivity index is 2.66. The Labute approximate surface area is 101 Å². The Morgan fingerprint density at radius 3 is 2.81 bits per heavy atom. The molecule has 4 nitrogen and oxygen atoms in total. The van der Waals surface area contributed by atoms with Crippen LogP contribution in [-0.4, -0.2) is 34.4 Å². The molecule has 0 bridgehead atoms. The molecular weight excluding hydrogens is 228 g/mol. The average molecular weight is 246 g/mol. The summed E-state index contributed by atoms with van der Waals surface area (Å²) in [5.41, 5.74) is 0. The van der Waals surface area contributed by atoms with Crippen LogP contribution < -0.4 is 0 Å². The lowest BCUT2D eigenvalue weighted by Crippen LogP contribution is -2.40. The van der Waals surface area contributed by atoms with Crippen LogP contribution in [0.1, 0.15) is 39.5 Å². The number of rotatable bonds is 3. The Bertz CT molecular complexity index is 267. The summed E-state index contributed by atoms with van der Waals surface area (Å²) in [6, 6.07) is 0. The van der Waals surface area contributed by atoms with Crippen molar-refractivity contribution < 1.29 is 19.4 Å². The van der Waals surface area contributed by atoms with E-state index in [2.05, 4.69) is 6.92 Å². The predicted octanol–water partition coefficient (Wildman–Crippen LogP) is 1.59. The molecule has 0 saturated carbocycles. The second-order valence-electron chi connectivity index (χ2n) is 4.03. The van der Waals surface area contributed by atoms with Crippen molar-refractivity contribution in [3.8, 4) is 0 Å². The number of unbranched alkanes of at least 4 members (excludes halogenated alkanes) is 1. The number of carbonyl (C=O) groups excluding carboxylic acids is 1. The highest BCUT2D eigenvalue weighted by molar-refractivity contribution is 7.80. The molecule has 0 aromatic rings. The molecule has 1 N–H and O–H groups in total. The number of hydrogen-bond acceptors (Lipinski definition) is 5. The second-order valence-corrected chi connectivity index (χ2v) is 4.43. The van der Waals surface area contributed by atoms with E-state index in [0.717, 1.165) is 19.3 Å². The Morgan fingerprint density at radius 2 is 2.19 bits per heavy atom. The van der Waals surface area contributed by atoms with Gasteiger partial charge in [-0.1, -0.05) is 13.3 Å². The average Bonchev–Trinajstić information content (AvgIpc) is 2.21. The highest BCUT2D eigenvalue weighted by atomic mass is 32.1. The molecule has 1 aliphatic rings. The minimum absolute atomic E-state index is 0.101. The highest BCUT2D eigenvalue weighted by Crippen LogP contribution is 2.18. The standard InChI is InChI=1S/C11H18O4S/c1-3-4-5-9-7(2)14-10(13)6-8(12)11(16)15-9/h7-9,12H,3-6H2,1-2H3. The summed E-state index contributed by atoms with van der Waals surface area (Å²) in [6.45, 7) is 3.87. The number of aliphatic hydroxyl groups excluding tert-OH is 1. The largest absolute Gasteiger partial charge is 0.477 e. The molecule has 0 amide bonds. The molecule has 0 aliphatic carbocycles. The first-order valence-corrected chi connectivity index (χ1v) is 6.03. The Hall–Kier alpha value is -0.680. The van der Waals surface area contributed by atoms with Crippen LogP contribution in [-0.2, 0) is 14.3 Å². The molecule has 16 heavy (non-hydrogen) atoms. The van der Waals surface area contributed by atoms with Crippen LogP contribution in [0, 0.1) is 0 Å². The summed E-state index contributed by atoms with van der Waals surface area (Å²) in [5, 5.41) is 9.62. The fraction of sp³-hybridized carbons (Fsp3) is 0.818. The van der Waals surface area contributed by atoms with E-state index in [-0.39, 0.29) is 23.7 Å². The zero-order valence-corrected chi connectivity index (χ0v) is 10.5. The fourth-order valence-corrected chi connectivity index (χ4v) is 1.80. The van der Waals surface area contributed by atoms with Gasteiger partial charge in [-0.05, 0) is 32.0 Å². The topological polar surface area (TPSA) is 55.8 Å². The van der Waals surface area contributed by atoms with E-state index >= 15 is 0 Å². The molecule has 3 unspecified atom stereocenters. The van der Waals surface area contributed by atoms with E-state index in [1.54, 1.807) is 6.92 Å². The zero-order valence-electron chi connectivity index (χ0n) is 9.64. The molecule has 1 aliphatic heterocycles. The van der Waals surface area contributed by atoms with Gasteiger partial charge >= 0.3 is 5.97 Å². The molecule has 1 saturated heterocycles. The smallest absolute Gasteiger partial charge is 0.309 e. The third-order valence-corrected chi connectivity index (χ3v) is 2.95. The molecule has 0 aromatic heterocycles. The quantitative estimate of drug-likeness (QED) is 0.605. The molecular formula is C11H18O4S. The maximum atomic E-state index is 11.3. The van der Waals surface area contributed by atoms with E-state index in [9.17, 15) is 9.90 Å². The van der Waals surface area contributed by atoms with Gasteiger partial charge in [0.15, 0.2) is 5.05 Å². The summed E-state index contributed by atoms with van der Waals surface area (Å²) >= 11 is 4.93. The number of aliphatic hydroxyl groups is 1. The first-order valence-electron chi connectivity index (χ1n) is 5.62. The van der Waals surface area contributed by atoms with Crippen molar-refractivity contribution in [1.29, 1.82) is 0 Å². The van der Waals surface area contributed by atoms with Crippen molar-refractivity contribution in [1.82, 2.24) is 0 Å². The van der Waals surface area contributed by atoms with Crippen molar-refractivity contribution in [2.24, 2.45) is 0 Å². The van der Waals surface area contributed by atoms with Crippen molar-refractivity contribution in [3.63, 3.8) is 0 Å². The maximum absolute atomic E-state index is 11.3. The summed E-state index contributed by atoms with van der Waals surface area (Å²) in [6.07, 6.45) is 1.08. The van der Waals surface area contributed by atoms with Gasteiger partial charge in [0, 0.05) is 0 Å². The van der Waals surface area contributed by atoms with Gasteiger partial charge < -0.3 is 14.6 Å². The van der Waals surface area contributed by atoms with Gasteiger partial charge in [-0.2, -0.15) is 0 Å². The number of ether oxygens (including phenoxy) is 2. The third-order valence-electron chi connectivity index (χ3n) is 2.58. The van der Waals surface area contributed by atoms with Crippen molar-refractivity contribution in [3.05, 3.63) is 0 Å². The van der Waals surface area contributed by atoms with Crippen LogP contribution in [0.2, 0.25) is 0 Å². The second kappa shape index (κ2) is 6.15. The number of esters is 1. The molecule has 0 radical (unpaired) electrons. The molecule has 5 heteroatoms. The molecule has 0 aromatic carbocycles. The van der Waals surface area contributed by atoms with Crippen LogP contribution in [0.4, 0.5) is 0 Å². The first kappa shape index (κ1) is 13.4. The summed E-state index contributed by atoms with van der Waals surface area (Å²) in [5.74, 6) is -0.424. The van der Waals surface area contributed by atoms with Crippen LogP contribution in [0.15, 0.2) is 0 Å². The minimum atomic E-state index is -1.03. The van der Waals surface area contributed by atoms with Crippen molar-refractivity contribution in [2.45, 2.75) is 57.8 Å². The predicted molar refractivity (Wildman–Crippen MR) is 63.2 cm³/mol. The van der Waals surface area contributed by atoms with Crippen LogP contribution >= 0.6 is 12.2 Å². The molecule has 1 fully saturated rings. The van der Waals surface area contributed by atoms with Crippen LogP contribution in [0.3, 0.4) is 0 Å². The lowest BCUT2D eigenvalue weighted by molar-refractivity contribution is -0.157. The van der Waals surface area contributed by atoms with Gasteiger partial charge in [0.05, 0.1) is 6.42 Å². The highest BCUT2D eigenvalue weighted by Gasteiger charge is 2.30. The minimum Gasteiger partial charge on any atom is -0.477 e. The molecule has 1 heterocycles. The number of thiocarbonyl (C=S) groups is 1. The number of cyclic esters (lactones) is 1. The van der Waals surface area contributed by atoms with Crippen LogP contribution in [0.5, 0.6) is 0 Å². The summed E-state index contributed by atoms with van der Waals surface area (Å²) in [7, 11) is 0. The van der Waals surface area contributed by atoms with Gasteiger partial charge in [-0.15, -0.1) is 0 Å². The van der Waals surface area contributed by atoms with Crippen LogP contribution in [0.25, 0.3) is 0 Å². The van der Waals surface area contributed by atoms with E-state index < -0.39 is 12.1 Å². The van der Waals surface area contributed by atoms with E-state index in [4.69, 9.17) is 21.7 Å². The van der Waals surface area contributed by atoms with E-state index in [1.807, 2.05) is 0 Å². The van der Waals surface area contributed by atoms with Gasteiger partial charge in [0.1, 0.15) is 18.3 Å². The van der Waals surface area contributed by atoms with Crippen molar-refractivity contribution >= 4 is 23.2 Å². The van der Waals surface area contributed by atoms with E-state index in [1.165, 1.54) is 0 Å². The fourth-order valence-electron chi connectivity index (χ4n) is 1.60. The SMILES string of the molecule is CCCCC1OC(=S)C(O)CC(=O)OC1C. The summed E-state index contributed by atoms with van der Waals surface area (Å²) < 4.78 is 10.6. The van der Waals surface area contributed by atoms with Gasteiger partial charge in [-0.3, -0.25) is 4.79 Å². The zero-order chi connectivity index (χ0) is 12.1. The number of carbonyl (C=O) groups is 1. The Morgan fingerprint density at radius 1 is 1.50 bits per heavy atom. The normalized spacial score (nSPS) is 31.3. The molecule has 0 spiro atoms. The van der Waals surface area contributed by atoms with Gasteiger partial charge in [-0.25, -0.2) is 0 Å².